The second kappa shape index (κ2) is 9.55. The number of hydrogen-bond donors (Lipinski definition) is 1. The van der Waals surface area contributed by atoms with Crippen LogP contribution >= 0.6 is 22.9 Å². The molecule has 31 heavy (non-hydrogen) atoms. The lowest BCUT2D eigenvalue weighted by Gasteiger charge is -2.36. The monoisotopic (exact) mass is 456 g/mol. The molecule has 2 aromatic heterocycles. The summed E-state index contributed by atoms with van der Waals surface area (Å²) in [5.74, 6) is 1.06. The lowest BCUT2D eigenvalue weighted by Crippen LogP contribution is -2.42. The number of pyridine rings is 1. The van der Waals surface area contributed by atoms with Gasteiger partial charge in [-0.2, -0.15) is 0 Å². The standard InChI is InChI=1S/C24H29ClN4OS/c1-16-12-23(29-10-8-19(9-11-29)28(2)3)27-21-6-5-18(14-20(16)21)26-24(30)7-4-17-13-22(25)31-15-17/h5-6,12-15,19H,4,7-11H2,1-3H3,(H,26,30). The number of rotatable bonds is 6. The maximum Gasteiger partial charge on any atom is 0.224 e. The summed E-state index contributed by atoms with van der Waals surface area (Å²) in [6.45, 7) is 4.18. The van der Waals surface area contributed by atoms with Crippen LogP contribution in [0.5, 0.6) is 0 Å². The van der Waals surface area contributed by atoms with Crippen molar-refractivity contribution in [2.24, 2.45) is 0 Å². The van der Waals surface area contributed by atoms with E-state index in [-0.39, 0.29) is 5.91 Å². The molecule has 7 heteroatoms. The Morgan fingerprint density at radius 3 is 2.71 bits per heavy atom. The first-order valence-corrected chi connectivity index (χ1v) is 12.0. The fourth-order valence-corrected chi connectivity index (χ4v) is 5.13. The van der Waals surface area contributed by atoms with Gasteiger partial charge in [-0.3, -0.25) is 4.79 Å². The van der Waals surface area contributed by atoms with Gasteiger partial charge in [-0.15, -0.1) is 11.3 Å². The highest BCUT2D eigenvalue weighted by Crippen LogP contribution is 2.28. The van der Waals surface area contributed by atoms with E-state index in [0.29, 0.717) is 18.9 Å². The summed E-state index contributed by atoms with van der Waals surface area (Å²) in [4.78, 5) is 22.0. The lowest BCUT2D eigenvalue weighted by atomic mass is 10.0. The summed E-state index contributed by atoms with van der Waals surface area (Å²) in [7, 11) is 4.32. The van der Waals surface area contributed by atoms with Gasteiger partial charge in [0.25, 0.3) is 0 Å². The topological polar surface area (TPSA) is 48.5 Å². The molecule has 0 bridgehead atoms. The fourth-order valence-electron chi connectivity index (χ4n) is 4.19. The Morgan fingerprint density at radius 2 is 2.03 bits per heavy atom. The molecule has 1 aliphatic rings. The van der Waals surface area contributed by atoms with Gasteiger partial charge < -0.3 is 15.1 Å². The van der Waals surface area contributed by atoms with Crippen LogP contribution in [0.15, 0.2) is 35.7 Å². The lowest BCUT2D eigenvalue weighted by molar-refractivity contribution is -0.116. The molecule has 0 saturated carbocycles. The number of piperidine rings is 1. The van der Waals surface area contributed by atoms with Crippen molar-refractivity contribution in [3.05, 3.63) is 51.2 Å². The minimum Gasteiger partial charge on any atom is -0.356 e. The Hall–Kier alpha value is -2.15. The second-order valence-electron chi connectivity index (χ2n) is 8.52. The second-order valence-corrected chi connectivity index (χ2v) is 10.1. The van der Waals surface area contributed by atoms with Crippen molar-refractivity contribution in [3.63, 3.8) is 0 Å². The molecule has 1 aliphatic heterocycles. The van der Waals surface area contributed by atoms with Gasteiger partial charge in [0.15, 0.2) is 0 Å². The predicted molar refractivity (Wildman–Crippen MR) is 132 cm³/mol. The maximum atomic E-state index is 12.4. The van der Waals surface area contributed by atoms with Crippen molar-refractivity contribution in [1.29, 1.82) is 0 Å². The number of thiophene rings is 1. The summed E-state index contributed by atoms with van der Waals surface area (Å²) in [5.41, 5.74) is 4.06. The maximum absolute atomic E-state index is 12.4. The zero-order chi connectivity index (χ0) is 22.0. The third kappa shape index (κ3) is 5.37. The summed E-state index contributed by atoms with van der Waals surface area (Å²) < 4.78 is 0.759. The van der Waals surface area contributed by atoms with E-state index in [9.17, 15) is 4.79 Å². The first-order valence-electron chi connectivity index (χ1n) is 10.7. The van der Waals surface area contributed by atoms with Gasteiger partial charge in [0, 0.05) is 36.6 Å². The van der Waals surface area contributed by atoms with E-state index >= 15 is 0 Å². The highest BCUT2D eigenvalue weighted by atomic mass is 35.5. The number of nitrogens with one attached hydrogen (secondary N) is 1. The van der Waals surface area contributed by atoms with Crippen LogP contribution < -0.4 is 10.2 Å². The number of aromatic nitrogens is 1. The molecule has 0 aliphatic carbocycles. The van der Waals surface area contributed by atoms with Crippen LogP contribution in [0.3, 0.4) is 0 Å². The third-order valence-corrected chi connectivity index (χ3v) is 7.21. The molecule has 1 aromatic carbocycles. The number of carbonyl (C=O) groups is 1. The molecule has 0 radical (unpaired) electrons. The number of benzene rings is 1. The van der Waals surface area contributed by atoms with Gasteiger partial charge in [-0.05, 0) is 87.1 Å². The minimum absolute atomic E-state index is 0.00710. The molecule has 3 heterocycles. The zero-order valence-corrected chi connectivity index (χ0v) is 19.9. The first-order chi connectivity index (χ1) is 14.9. The van der Waals surface area contributed by atoms with Crippen molar-refractivity contribution in [2.75, 3.05) is 37.4 Å². The van der Waals surface area contributed by atoms with Crippen LogP contribution in [0, 0.1) is 6.92 Å². The van der Waals surface area contributed by atoms with Crippen molar-refractivity contribution < 1.29 is 4.79 Å². The Morgan fingerprint density at radius 1 is 1.26 bits per heavy atom. The third-order valence-electron chi connectivity index (χ3n) is 6.07. The van der Waals surface area contributed by atoms with E-state index < -0.39 is 0 Å². The SMILES string of the molecule is Cc1cc(N2CCC(N(C)C)CC2)nc2ccc(NC(=O)CCc3csc(Cl)c3)cc12. The normalized spacial score (nSPS) is 15.1. The quantitative estimate of drug-likeness (QED) is 0.542. The average Bonchev–Trinajstić information content (AvgIpc) is 3.18. The van der Waals surface area contributed by atoms with Crippen molar-refractivity contribution in [3.8, 4) is 0 Å². The highest BCUT2D eigenvalue weighted by molar-refractivity contribution is 7.14. The number of halogens is 1. The summed E-state index contributed by atoms with van der Waals surface area (Å²) in [6, 6.07) is 10.7. The number of aryl methyl sites for hydroxylation is 2. The van der Waals surface area contributed by atoms with Gasteiger partial charge in [-0.25, -0.2) is 4.98 Å². The molecule has 0 atom stereocenters. The molecule has 5 nitrogen and oxygen atoms in total. The summed E-state index contributed by atoms with van der Waals surface area (Å²) in [5, 5.41) is 6.10. The molecule has 3 aromatic rings. The van der Waals surface area contributed by atoms with Gasteiger partial charge >= 0.3 is 0 Å². The molecule has 1 amide bonds. The predicted octanol–water partition coefficient (Wildman–Crippen LogP) is 5.36. The molecular formula is C24H29ClN4OS. The highest BCUT2D eigenvalue weighted by Gasteiger charge is 2.22. The van der Waals surface area contributed by atoms with Crippen LogP contribution in [0.2, 0.25) is 4.34 Å². The number of hydrogen-bond acceptors (Lipinski definition) is 5. The van der Waals surface area contributed by atoms with Crippen LogP contribution in [0.25, 0.3) is 10.9 Å². The molecule has 0 unspecified atom stereocenters. The van der Waals surface area contributed by atoms with E-state index in [2.05, 4.69) is 42.2 Å². The number of amides is 1. The Kier molecular flexibility index (Phi) is 6.80. The first kappa shape index (κ1) is 22.1. The summed E-state index contributed by atoms with van der Waals surface area (Å²) >= 11 is 7.46. The largest absolute Gasteiger partial charge is 0.356 e. The number of carbonyl (C=O) groups excluding carboxylic acids is 1. The van der Waals surface area contributed by atoms with Gasteiger partial charge in [0.1, 0.15) is 5.82 Å². The molecule has 0 spiro atoms. The summed E-state index contributed by atoms with van der Waals surface area (Å²) in [6.07, 6.45) is 3.45. The van der Waals surface area contributed by atoms with Crippen molar-refractivity contribution in [2.45, 2.75) is 38.6 Å². The van der Waals surface area contributed by atoms with Crippen molar-refractivity contribution >= 4 is 51.3 Å². The van der Waals surface area contributed by atoms with Gasteiger partial charge in [-0.1, -0.05) is 11.6 Å². The van der Waals surface area contributed by atoms with Crippen LogP contribution in [-0.4, -0.2) is 49.0 Å². The Labute approximate surface area is 193 Å². The average molecular weight is 457 g/mol. The van der Waals surface area contributed by atoms with Gasteiger partial charge in [0.2, 0.25) is 5.91 Å². The minimum atomic E-state index is 0.00710. The van der Waals surface area contributed by atoms with E-state index in [1.54, 1.807) is 0 Å². The molecule has 164 valence electrons. The zero-order valence-electron chi connectivity index (χ0n) is 18.3. The smallest absolute Gasteiger partial charge is 0.224 e. The van der Waals surface area contributed by atoms with Crippen LogP contribution in [0.4, 0.5) is 11.5 Å². The van der Waals surface area contributed by atoms with E-state index in [1.165, 1.54) is 16.9 Å². The Balaban J connectivity index is 1.42. The molecule has 4 rings (SSSR count). The fraction of sp³-hybridized carbons (Fsp3) is 0.417. The van der Waals surface area contributed by atoms with Crippen LogP contribution in [0.1, 0.15) is 30.4 Å². The number of nitrogens with zero attached hydrogens (tertiary/aromatic N) is 3. The van der Waals surface area contributed by atoms with E-state index in [4.69, 9.17) is 16.6 Å². The molecule has 1 N–H and O–H groups in total. The molecule has 1 fully saturated rings. The van der Waals surface area contributed by atoms with E-state index in [0.717, 1.165) is 58.2 Å². The van der Waals surface area contributed by atoms with Crippen LogP contribution in [-0.2, 0) is 11.2 Å². The van der Waals surface area contributed by atoms with Crippen molar-refractivity contribution in [1.82, 2.24) is 9.88 Å². The van der Waals surface area contributed by atoms with Gasteiger partial charge in [0.05, 0.1) is 9.85 Å². The number of fused-ring (bicyclic) bond motifs is 1. The molecule has 1 saturated heterocycles. The van der Waals surface area contributed by atoms with E-state index in [1.807, 2.05) is 29.6 Å². The molecular weight excluding hydrogens is 428 g/mol. The number of anilines is 2. The Bertz CT molecular complexity index is 1070.